The largest absolute Gasteiger partial charge is 0.379 e. The van der Waals surface area contributed by atoms with Crippen molar-refractivity contribution in [2.24, 2.45) is 0 Å². The lowest BCUT2D eigenvalue weighted by molar-refractivity contribution is -0.383. The number of anilines is 2. The maximum absolute atomic E-state index is 11.2. The van der Waals surface area contributed by atoms with Crippen LogP contribution >= 0.6 is 11.8 Å². The summed E-state index contributed by atoms with van der Waals surface area (Å²) in [5.41, 5.74) is 1.28. The zero-order valence-electron chi connectivity index (χ0n) is 11.6. The Bertz CT molecular complexity index is 426. The smallest absolute Gasteiger partial charge is 0.315 e. The van der Waals surface area contributed by atoms with Crippen LogP contribution in [0.25, 0.3) is 0 Å². The van der Waals surface area contributed by atoms with Gasteiger partial charge in [-0.2, -0.15) is 11.8 Å². The molecule has 0 saturated carbocycles. The number of nitrogens with one attached hydrogen (secondary N) is 2. The minimum Gasteiger partial charge on any atom is -0.379 e. The molecule has 1 unspecified atom stereocenters. The van der Waals surface area contributed by atoms with E-state index in [1.165, 1.54) is 0 Å². The normalized spacial score (nSPS) is 11.9. The zero-order valence-corrected chi connectivity index (χ0v) is 12.4. The number of para-hydroxylation sites is 1. The topological polar surface area (TPSA) is 67.2 Å². The van der Waals surface area contributed by atoms with Gasteiger partial charge in [-0.3, -0.25) is 10.1 Å². The van der Waals surface area contributed by atoms with E-state index >= 15 is 0 Å². The minimum atomic E-state index is -0.329. The minimum absolute atomic E-state index is 0.129. The van der Waals surface area contributed by atoms with Crippen molar-refractivity contribution in [3.63, 3.8) is 0 Å². The number of nitro benzene ring substituents is 1. The summed E-state index contributed by atoms with van der Waals surface area (Å²) in [6, 6.07) is 5.33. The second kappa shape index (κ2) is 7.89. The van der Waals surface area contributed by atoms with E-state index in [0.29, 0.717) is 23.2 Å². The van der Waals surface area contributed by atoms with Gasteiger partial charge in [0.05, 0.1) is 4.92 Å². The average Bonchev–Trinajstić information content (AvgIpc) is 2.41. The van der Waals surface area contributed by atoms with E-state index in [1.54, 1.807) is 23.9 Å². The van der Waals surface area contributed by atoms with E-state index in [9.17, 15) is 10.1 Å². The Hall–Kier alpha value is -1.43. The molecule has 0 heterocycles. The van der Waals surface area contributed by atoms with E-state index in [0.717, 1.165) is 13.0 Å². The molecule has 0 spiro atoms. The molecule has 1 aromatic rings. The van der Waals surface area contributed by atoms with Crippen molar-refractivity contribution < 1.29 is 4.92 Å². The molecule has 0 bridgehead atoms. The van der Waals surface area contributed by atoms with Crippen LogP contribution in [0.4, 0.5) is 17.1 Å². The number of benzene rings is 1. The third kappa shape index (κ3) is 4.63. The quantitative estimate of drug-likeness (QED) is 0.564. The van der Waals surface area contributed by atoms with Crippen molar-refractivity contribution in [2.75, 3.05) is 30.0 Å². The fraction of sp³-hybridized carbons (Fsp3) is 0.538. The van der Waals surface area contributed by atoms with Gasteiger partial charge in [-0.05, 0) is 24.8 Å². The van der Waals surface area contributed by atoms with Crippen LogP contribution < -0.4 is 10.6 Å². The average molecular weight is 283 g/mol. The zero-order chi connectivity index (χ0) is 14.3. The standard InChI is InChI=1S/C13H21N3O2S/c1-4-8-14-11-6-5-7-12(13(11)16(17)18)15-9-10(2)19-3/h5-7,10,14-15H,4,8-9H2,1-3H3. The molecule has 2 N–H and O–H groups in total. The summed E-state index contributed by atoms with van der Waals surface area (Å²) in [5.74, 6) is 0. The molecule has 0 aliphatic heterocycles. The highest BCUT2D eigenvalue weighted by Gasteiger charge is 2.19. The number of hydrogen-bond donors (Lipinski definition) is 2. The Morgan fingerprint density at radius 1 is 1.37 bits per heavy atom. The molecule has 0 saturated heterocycles. The van der Waals surface area contributed by atoms with Gasteiger partial charge in [-0.1, -0.05) is 19.9 Å². The third-order valence-electron chi connectivity index (χ3n) is 2.77. The molecule has 0 aromatic heterocycles. The SMILES string of the molecule is CCCNc1cccc(NCC(C)SC)c1[N+](=O)[O-]. The predicted molar refractivity (Wildman–Crippen MR) is 83.3 cm³/mol. The molecule has 19 heavy (non-hydrogen) atoms. The number of thioether (sulfide) groups is 1. The fourth-order valence-corrected chi connectivity index (χ4v) is 1.87. The van der Waals surface area contributed by atoms with Gasteiger partial charge in [0, 0.05) is 18.3 Å². The lowest BCUT2D eigenvalue weighted by atomic mass is 10.2. The fourth-order valence-electron chi connectivity index (χ4n) is 1.62. The van der Waals surface area contributed by atoms with Crippen LogP contribution in [-0.4, -0.2) is 29.5 Å². The molecule has 1 atom stereocenters. The van der Waals surface area contributed by atoms with Gasteiger partial charge in [-0.25, -0.2) is 0 Å². The number of nitrogens with zero attached hydrogens (tertiary/aromatic N) is 1. The molecule has 6 heteroatoms. The molecule has 5 nitrogen and oxygen atoms in total. The molecule has 106 valence electrons. The summed E-state index contributed by atoms with van der Waals surface area (Å²) in [4.78, 5) is 10.9. The molecule has 0 radical (unpaired) electrons. The summed E-state index contributed by atoms with van der Waals surface area (Å²) in [7, 11) is 0. The van der Waals surface area contributed by atoms with Crippen molar-refractivity contribution in [1.82, 2.24) is 0 Å². The first kappa shape index (κ1) is 15.6. The van der Waals surface area contributed by atoms with Crippen LogP contribution in [0.1, 0.15) is 20.3 Å². The van der Waals surface area contributed by atoms with Crippen LogP contribution in [0.5, 0.6) is 0 Å². The van der Waals surface area contributed by atoms with Crippen molar-refractivity contribution in [3.05, 3.63) is 28.3 Å². The van der Waals surface area contributed by atoms with Crippen molar-refractivity contribution in [2.45, 2.75) is 25.5 Å². The first-order chi connectivity index (χ1) is 9.10. The molecule has 1 rings (SSSR count). The second-order valence-corrected chi connectivity index (χ2v) is 5.59. The highest BCUT2D eigenvalue weighted by atomic mass is 32.2. The van der Waals surface area contributed by atoms with E-state index < -0.39 is 0 Å². The van der Waals surface area contributed by atoms with Gasteiger partial charge in [0.15, 0.2) is 0 Å². The molecular formula is C13H21N3O2S. The van der Waals surface area contributed by atoms with Gasteiger partial charge < -0.3 is 10.6 Å². The van der Waals surface area contributed by atoms with Crippen LogP contribution in [0.15, 0.2) is 18.2 Å². The van der Waals surface area contributed by atoms with Crippen molar-refractivity contribution in [1.29, 1.82) is 0 Å². The van der Waals surface area contributed by atoms with Gasteiger partial charge >= 0.3 is 5.69 Å². The second-order valence-electron chi connectivity index (χ2n) is 4.31. The first-order valence-corrected chi connectivity index (χ1v) is 7.66. The Balaban J connectivity index is 2.92. The monoisotopic (exact) mass is 283 g/mol. The van der Waals surface area contributed by atoms with Gasteiger partial charge in [-0.15, -0.1) is 0 Å². The number of hydrogen-bond acceptors (Lipinski definition) is 5. The summed E-state index contributed by atoms with van der Waals surface area (Å²) >= 11 is 1.73. The Labute approximate surface area is 118 Å². The van der Waals surface area contributed by atoms with Crippen LogP contribution in [0.2, 0.25) is 0 Å². The van der Waals surface area contributed by atoms with Crippen molar-refractivity contribution >= 4 is 28.8 Å². The maximum atomic E-state index is 11.2. The van der Waals surface area contributed by atoms with Gasteiger partial charge in [0.1, 0.15) is 11.4 Å². The highest BCUT2D eigenvalue weighted by molar-refractivity contribution is 7.99. The summed E-state index contributed by atoms with van der Waals surface area (Å²) < 4.78 is 0. The van der Waals surface area contributed by atoms with E-state index in [-0.39, 0.29) is 10.6 Å². The van der Waals surface area contributed by atoms with Crippen LogP contribution in [-0.2, 0) is 0 Å². The number of rotatable bonds is 8. The van der Waals surface area contributed by atoms with E-state index in [4.69, 9.17) is 0 Å². The Kier molecular flexibility index (Phi) is 6.49. The summed E-state index contributed by atoms with van der Waals surface area (Å²) in [5, 5.41) is 17.9. The molecule has 1 aromatic carbocycles. The summed E-state index contributed by atoms with van der Waals surface area (Å²) in [6.07, 6.45) is 2.96. The lowest BCUT2D eigenvalue weighted by Gasteiger charge is -2.13. The van der Waals surface area contributed by atoms with Crippen molar-refractivity contribution in [3.8, 4) is 0 Å². The molecular weight excluding hydrogens is 262 g/mol. The van der Waals surface area contributed by atoms with E-state index in [2.05, 4.69) is 17.6 Å². The molecule has 0 amide bonds. The van der Waals surface area contributed by atoms with E-state index in [1.807, 2.05) is 19.2 Å². The third-order valence-corrected chi connectivity index (χ3v) is 3.74. The lowest BCUT2D eigenvalue weighted by Crippen LogP contribution is -2.14. The highest BCUT2D eigenvalue weighted by Crippen LogP contribution is 2.32. The molecule has 0 aliphatic carbocycles. The molecule has 0 fully saturated rings. The summed E-state index contributed by atoms with van der Waals surface area (Å²) in [6.45, 7) is 5.55. The Morgan fingerprint density at radius 3 is 2.53 bits per heavy atom. The van der Waals surface area contributed by atoms with Gasteiger partial charge in [0.2, 0.25) is 0 Å². The van der Waals surface area contributed by atoms with Gasteiger partial charge in [0.25, 0.3) is 0 Å². The molecule has 0 aliphatic rings. The Morgan fingerprint density at radius 2 is 2.00 bits per heavy atom. The number of nitro groups is 1. The maximum Gasteiger partial charge on any atom is 0.315 e. The van der Waals surface area contributed by atoms with Crippen LogP contribution in [0, 0.1) is 10.1 Å². The predicted octanol–water partition coefficient (Wildman–Crippen LogP) is 3.58. The first-order valence-electron chi connectivity index (χ1n) is 6.38. The van der Waals surface area contributed by atoms with Crippen LogP contribution in [0.3, 0.4) is 0 Å².